The molecule has 7 heteroatoms. The van der Waals surface area contributed by atoms with Gasteiger partial charge in [0.05, 0.1) is 12.3 Å². The third-order valence-corrected chi connectivity index (χ3v) is 3.43. The summed E-state index contributed by atoms with van der Waals surface area (Å²) in [5.41, 5.74) is 0.514. The predicted octanol–water partition coefficient (Wildman–Crippen LogP) is 0.0480. The van der Waals surface area contributed by atoms with Crippen LogP contribution < -0.4 is 10.0 Å². The Bertz CT molecular complexity index is 433. The van der Waals surface area contributed by atoms with E-state index in [1.165, 1.54) is 19.5 Å². The van der Waals surface area contributed by atoms with E-state index in [0.29, 0.717) is 12.3 Å². The summed E-state index contributed by atoms with van der Waals surface area (Å²) in [4.78, 5) is 3.93. The van der Waals surface area contributed by atoms with E-state index >= 15 is 0 Å². The molecule has 0 bridgehead atoms. The average molecular weight is 245 g/mol. The number of hydrogen-bond donors (Lipinski definition) is 2. The topological polar surface area (TPSA) is 80.3 Å². The van der Waals surface area contributed by atoms with Gasteiger partial charge < -0.3 is 10.1 Å². The zero-order valence-corrected chi connectivity index (χ0v) is 10.0. The van der Waals surface area contributed by atoms with E-state index in [1.54, 1.807) is 13.1 Å². The summed E-state index contributed by atoms with van der Waals surface area (Å²) < 4.78 is 30.9. The number of aromatic nitrogens is 1. The summed E-state index contributed by atoms with van der Waals surface area (Å²) in [5, 5.41) is 2.80. The van der Waals surface area contributed by atoms with Gasteiger partial charge in [-0.05, 0) is 6.07 Å². The number of hydrogen-bond acceptors (Lipinski definition) is 5. The van der Waals surface area contributed by atoms with Gasteiger partial charge in [-0.1, -0.05) is 0 Å². The summed E-state index contributed by atoms with van der Waals surface area (Å²) in [6.07, 6.45) is 2.83. The first-order valence-electron chi connectivity index (χ1n) is 4.72. The molecule has 0 aliphatic carbocycles. The van der Waals surface area contributed by atoms with Crippen LogP contribution >= 0.6 is 0 Å². The number of methoxy groups -OCH3 is 1. The Morgan fingerprint density at radius 3 is 2.88 bits per heavy atom. The second-order valence-electron chi connectivity index (χ2n) is 3.01. The molecule has 0 saturated carbocycles. The molecule has 0 aliphatic heterocycles. The summed E-state index contributed by atoms with van der Waals surface area (Å²) in [7, 11) is -0.363. The minimum absolute atomic E-state index is 0.133. The van der Waals surface area contributed by atoms with Crippen LogP contribution in [0.25, 0.3) is 0 Å². The molecule has 0 aromatic carbocycles. The summed E-state index contributed by atoms with van der Waals surface area (Å²) >= 11 is 0. The van der Waals surface area contributed by atoms with E-state index in [1.807, 2.05) is 0 Å². The Morgan fingerprint density at radius 1 is 1.50 bits per heavy atom. The average Bonchev–Trinajstić information content (AvgIpc) is 2.29. The van der Waals surface area contributed by atoms with Crippen LogP contribution in [0, 0.1) is 0 Å². The van der Waals surface area contributed by atoms with E-state index in [9.17, 15) is 8.42 Å². The minimum atomic E-state index is -3.53. The zero-order chi connectivity index (χ0) is 12.0. The fourth-order valence-corrected chi connectivity index (χ4v) is 2.32. The van der Waals surface area contributed by atoms with Crippen molar-refractivity contribution in [3.05, 3.63) is 18.5 Å². The third kappa shape index (κ3) is 3.16. The molecule has 0 spiro atoms. The van der Waals surface area contributed by atoms with Gasteiger partial charge in [-0.25, -0.2) is 13.1 Å². The molecule has 1 aromatic heterocycles. The molecule has 0 aliphatic rings. The zero-order valence-electron chi connectivity index (χ0n) is 9.23. The number of nitrogens with one attached hydrogen (secondary N) is 2. The molecule has 90 valence electrons. The summed E-state index contributed by atoms with van der Waals surface area (Å²) in [6.45, 7) is 0.561. The highest BCUT2D eigenvalue weighted by Crippen LogP contribution is 2.18. The molecular formula is C9H15N3O3S. The van der Waals surface area contributed by atoms with Crippen molar-refractivity contribution < 1.29 is 13.2 Å². The van der Waals surface area contributed by atoms with E-state index in [2.05, 4.69) is 15.0 Å². The summed E-state index contributed by atoms with van der Waals surface area (Å²) in [5.74, 6) is 0. The van der Waals surface area contributed by atoms with Crippen molar-refractivity contribution in [2.24, 2.45) is 0 Å². The molecular weight excluding hydrogens is 230 g/mol. The standard InChI is InChI=1S/C9H15N3O3S/c1-10-8-3-4-11-7-9(8)16(13,14)12-5-6-15-2/h3-4,7,12H,5-6H2,1-2H3,(H,10,11). The van der Waals surface area contributed by atoms with Crippen LogP contribution in [-0.4, -0.2) is 40.7 Å². The van der Waals surface area contributed by atoms with Gasteiger partial charge in [0.15, 0.2) is 0 Å². The lowest BCUT2D eigenvalue weighted by Crippen LogP contribution is -2.27. The molecule has 0 saturated heterocycles. The maximum atomic E-state index is 11.8. The van der Waals surface area contributed by atoms with Crippen molar-refractivity contribution in [3.63, 3.8) is 0 Å². The lowest BCUT2D eigenvalue weighted by Gasteiger charge is -2.09. The Hall–Kier alpha value is -1.18. The van der Waals surface area contributed by atoms with Gasteiger partial charge in [0.2, 0.25) is 10.0 Å². The van der Waals surface area contributed by atoms with Crippen molar-refractivity contribution >= 4 is 15.7 Å². The first kappa shape index (κ1) is 12.9. The van der Waals surface area contributed by atoms with Crippen molar-refractivity contribution in [1.82, 2.24) is 9.71 Å². The number of sulfonamides is 1. The van der Waals surface area contributed by atoms with Gasteiger partial charge in [0.1, 0.15) is 4.90 Å². The Kier molecular flexibility index (Phi) is 4.66. The van der Waals surface area contributed by atoms with E-state index in [-0.39, 0.29) is 11.4 Å². The second-order valence-corrected chi connectivity index (χ2v) is 4.75. The fraction of sp³-hybridized carbons (Fsp3) is 0.444. The largest absolute Gasteiger partial charge is 0.387 e. The van der Waals surface area contributed by atoms with Gasteiger partial charge in [-0.2, -0.15) is 0 Å². The molecule has 1 rings (SSSR count). The van der Waals surface area contributed by atoms with Crippen LogP contribution in [0.15, 0.2) is 23.4 Å². The summed E-state index contributed by atoms with van der Waals surface area (Å²) in [6, 6.07) is 1.60. The van der Waals surface area contributed by atoms with Gasteiger partial charge in [0.25, 0.3) is 0 Å². The maximum Gasteiger partial charge on any atom is 0.244 e. The number of nitrogens with zero attached hydrogens (tertiary/aromatic N) is 1. The molecule has 1 aromatic rings. The van der Waals surface area contributed by atoms with Crippen molar-refractivity contribution in [2.45, 2.75) is 4.90 Å². The van der Waals surface area contributed by atoms with Crippen molar-refractivity contribution in [1.29, 1.82) is 0 Å². The third-order valence-electron chi connectivity index (χ3n) is 1.94. The lowest BCUT2D eigenvalue weighted by molar-refractivity contribution is 0.204. The smallest absolute Gasteiger partial charge is 0.244 e. The number of ether oxygens (including phenoxy) is 1. The molecule has 0 fully saturated rings. The van der Waals surface area contributed by atoms with Crippen LogP contribution in [0.2, 0.25) is 0 Å². The first-order valence-corrected chi connectivity index (χ1v) is 6.20. The molecule has 1 heterocycles. The molecule has 0 radical (unpaired) electrons. The monoisotopic (exact) mass is 245 g/mol. The number of anilines is 1. The van der Waals surface area contributed by atoms with Crippen LogP contribution in [0.1, 0.15) is 0 Å². The normalized spacial score (nSPS) is 11.4. The SMILES string of the molecule is CNc1ccncc1S(=O)(=O)NCCOC. The highest BCUT2D eigenvalue weighted by Gasteiger charge is 2.17. The number of rotatable bonds is 6. The van der Waals surface area contributed by atoms with E-state index in [0.717, 1.165) is 0 Å². The van der Waals surface area contributed by atoms with Crippen LogP contribution in [0.5, 0.6) is 0 Å². The second kappa shape index (κ2) is 5.78. The minimum Gasteiger partial charge on any atom is -0.387 e. The van der Waals surface area contributed by atoms with E-state index in [4.69, 9.17) is 4.74 Å². The highest BCUT2D eigenvalue weighted by molar-refractivity contribution is 7.89. The van der Waals surface area contributed by atoms with Crippen LogP contribution in [-0.2, 0) is 14.8 Å². The lowest BCUT2D eigenvalue weighted by atomic mass is 10.4. The molecule has 16 heavy (non-hydrogen) atoms. The Morgan fingerprint density at radius 2 is 2.25 bits per heavy atom. The quantitative estimate of drug-likeness (QED) is 0.692. The highest BCUT2D eigenvalue weighted by atomic mass is 32.2. The van der Waals surface area contributed by atoms with Crippen molar-refractivity contribution in [2.75, 3.05) is 32.6 Å². The van der Waals surface area contributed by atoms with Gasteiger partial charge in [-0.15, -0.1) is 0 Å². The van der Waals surface area contributed by atoms with Gasteiger partial charge in [0, 0.05) is 33.1 Å². The Labute approximate surface area is 95.1 Å². The molecule has 0 unspecified atom stereocenters. The van der Waals surface area contributed by atoms with Crippen LogP contribution in [0.4, 0.5) is 5.69 Å². The Balaban J connectivity index is 2.89. The van der Waals surface area contributed by atoms with Crippen LogP contribution in [0.3, 0.4) is 0 Å². The van der Waals surface area contributed by atoms with Crippen molar-refractivity contribution in [3.8, 4) is 0 Å². The molecule has 0 atom stereocenters. The van der Waals surface area contributed by atoms with Gasteiger partial charge in [-0.3, -0.25) is 4.98 Å². The predicted molar refractivity (Wildman–Crippen MR) is 60.8 cm³/mol. The van der Waals surface area contributed by atoms with Gasteiger partial charge >= 0.3 is 0 Å². The number of pyridine rings is 1. The molecule has 0 amide bonds. The maximum absolute atomic E-state index is 11.8. The molecule has 2 N–H and O–H groups in total. The fourth-order valence-electron chi connectivity index (χ4n) is 1.16. The van der Waals surface area contributed by atoms with E-state index < -0.39 is 10.0 Å². The molecule has 6 nitrogen and oxygen atoms in total. The first-order chi connectivity index (χ1) is 7.61.